The van der Waals surface area contributed by atoms with Gasteiger partial charge in [0, 0.05) is 15.7 Å². The van der Waals surface area contributed by atoms with Gasteiger partial charge in [0.05, 0.1) is 0 Å². The van der Waals surface area contributed by atoms with E-state index >= 15 is 0 Å². The van der Waals surface area contributed by atoms with Gasteiger partial charge in [0.2, 0.25) is 0 Å². The first-order valence-corrected chi connectivity index (χ1v) is 4.28. The Labute approximate surface area is 83.0 Å². The molecule has 0 aliphatic heterocycles. The van der Waals surface area contributed by atoms with Crippen LogP contribution in [-0.2, 0) is 0 Å². The summed E-state index contributed by atoms with van der Waals surface area (Å²) in [5.41, 5.74) is 3.59. The summed E-state index contributed by atoms with van der Waals surface area (Å²) < 4.78 is 0.623. The summed E-state index contributed by atoms with van der Waals surface area (Å²) in [5, 5.41) is -0.495. The molecule has 5 heteroatoms. The number of nitrogen functional groups attached to an aromatic ring is 1. The number of carbonyl (C=O) groups is 1. The number of anilines is 1. The minimum atomic E-state index is -0.495. The van der Waals surface area contributed by atoms with Gasteiger partial charge in [0.15, 0.2) is 0 Å². The molecule has 64 valence electrons. The number of hydrazine groups is 1. The quantitative estimate of drug-likeness (QED) is 0.479. The molecule has 0 fully saturated rings. The standard InChI is InChI=1S/C7H6BrClN2O/c8-6-3-4(11-10)1-2-5(6)7(9)12/h1-3,11H,10H2. The Morgan fingerprint density at radius 1 is 1.58 bits per heavy atom. The van der Waals surface area contributed by atoms with Crippen LogP contribution in [0.4, 0.5) is 5.69 Å². The smallest absolute Gasteiger partial charge is 0.253 e. The summed E-state index contributed by atoms with van der Waals surface area (Å²) in [5.74, 6) is 5.16. The van der Waals surface area contributed by atoms with Crippen molar-refractivity contribution >= 4 is 38.5 Å². The zero-order valence-corrected chi connectivity index (χ0v) is 8.32. The van der Waals surface area contributed by atoms with E-state index in [1.165, 1.54) is 0 Å². The number of hydrogen-bond acceptors (Lipinski definition) is 3. The fourth-order valence-corrected chi connectivity index (χ4v) is 1.60. The second-order valence-electron chi connectivity index (χ2n) is 2.11. The molecule has 1 aromatic carbocycles. The van der Waals surface area contributed by atoms with Gasteiger partial charge in [-0.2, -0.15) is 0 Å². The third-order valence-corrected chi connectivity index (χ3v) is 2.21. The number of halogens is 2. The van der Waals surface area contributed by atoms with Crippen molar-refractivity contribution in [2.45, 2.75) is 0 Å². The third kappa shape index (κ3) is 1.97. The van der Waals surface area contributed by atoms with Crippen LogP contribution in [0.5, 0.6) is 0 Å². The summed E-state index contributed by atoms with van der Waals surface area (Å²) in [6.07, 6.45) is 0. The number of nitrogens with one attached hydrogen (secondary N) is 1. The zero-order chi connectivity index (χ0) is 9.14. The lowest BCUT2D eigenvalue weighted by Gasteiger charge is -2.02. The molecule has 0 unspecified atom stereocenters. The average Bonchev–Trinajstić information content (AvgIpc) is 2.03. The van der Waals surface area contributed by atoms with E-state index in [-0.39, 0.29) is 0 Å². The monoisotopic (exact) mass is 248 g/mol. The van der Waals surface area contributed by atoms with Gasteiger partial charge in [-0.3, -0.25) is 10.6 Å². The second-order valence-corrected chi connectivity index (χ2v) is 3.31. The molecule has 0 saturated carbocycles. The SMILES string of the molecule is NNc1ccc(C(=O)Cl)c(Br)c1. The van der Waals surface area contributed by atoms with Crippen LogP contribution < -0.4 is 11.3 Å². The van der Waals surface area contributed by atoms with Crippen molar-refractivity contribution < 1.29 is 4.79 Å². The molecule has 0 aliphatic rings. The summed E-state index contributed by atoms with van der Waals surface area (Å²) in [6, 6.07) is 4.94. The van der Waals surface area contributed by atoms with Crippen molar-refractivity contribution in [3.8, 4) is 0 Å². The average molecular weight is 249 g/mol. The molecule has 1 aromatic rings. The number of rotatable bonds is 2. The van der Waals surface area contributed by atoms with Crippen LogP contribution in [0, 0.1) is 0 Å². The predicted octanol–water partition coefficient (Wildman–Crippen LogP) is 2.11. The van der Waals surface area contributed by atoms with Gasteiger partial charge in [0.1, 0.15) is 0 Å². The summed E-state index contributed by atoms with van der Waals surface area (Å²) in [7, 11) is 0. The fraction of sp³-hybridized carbons (Fsp3) is 0. The Kier molecular flexibility index (Phi) is 3.08. The largest absolute Gasteiger partial charge is 0.324 e. The Bertz CT molecular complexity index is 316. The third-order valence-electron chi connectivity index (χ3n) is 1.35. The minimum absolute atomic E-state index is 0.427. The maximum atomic E-state index is 10.7. The molecular weight excluding hydrogens is 243 g/mol. The number of hydrogen-bond donors (Lipinski definition) is 2. The van der Waals surface area contributed by atoms with E-state index in [1.54, 1.807) is 18.2 Å². The Morgan fingerprint density at radius 3 is 2.67 bits per heavy atom. The Hall–Kier alpha value is -0.580. The van der Waals surface area contributed by atoms with Crippen molar-refractivity contribution in [1.29, 1.82) is 0 Å². The maximum absolute atomic E-state index is 10.7. The van der Waals surface area contributed by atoms with E-state index in [0.717, 1.165) is 0 Å². The summed E-state index contributed by atoms with van der Waals surface area (Å²) >= 11 is 8.47. The summed E-state index contributed by atoms with van der Waals surface area (Å²) in [6.45, 7) is 0. The van der Waals surface area contributed by atoms with Crippen molar-refractivity contribution in [2.24, 2.45) is 5.84 Å². The highest BCUT2D eigenvalue weighted by Gasteiger charge is 2.06. The van der Waals surface area contributed by atoms with E-state index in [9.17, 15) is 4.79 Å². The molecule has 3 N–H and O–H groups in total. The van der Waals surface area contributed by atoms with Crippen LogP contribution in [0.3, 0.4) is 0 Å². The molecule has 0 heterocycles. The van der Waals surface area contributed by atoms with Gasteiger partial charge in [0.25, 0.3) is 5.24 Å². The molecule has 3 nitrogen and oxygen atoms in total. The molecule has 0 radical (unpaired) electrons. The number of carbonyl (C=O) groups excluding carboxylic acids is 1. The van der Waals surface area contributed by atoms with Gasteiger partial charge < -0.3 is 5.43 Å². The van der Waals surface area contributed by atoms with Gasteiger partial charge in [-0.05, 0) is 45.7 Å². The number of nitrogens with two attached hydrogens (primary N) is 1. The highest BCUT2D eigenvalue weighted by Crippen LogP contribution is 2.22. The first-order chi connectivity index (χ1) is 5.65. The van der Waals surface area contributed by atoms with Crippen LogP contribution in [0.15, 0.2) is 22.7 Å². The molecule has 0 saturated heterocycles. The highest BCUT2D eigenvalue weighted by atomic mass is 79.9. The molecule has 0 spiro atoms. The predicted molar refractivity (Wildman–Crippen MR) is 52.1 cm³/mol. The normalized spacial score (nSPS) is 9.58. The molecule has 0 aromatic heterocycles. The Balaban J connectivity index is 3.12. The minimum Gasteiger partial charge on any atom is -0.324 e. The first kappa shape index (κ1) is 9.51. The zero-order valence-electron chi connectivity index (χ0n) is 5.97. The van der Waals surface area contributed by atoms with Crippen molar-refractivity contribution in [2.75, 3.05) is 5.43 Å². The molecular formula is C7H6BrClN2O. The van der Waals surface area contributed by atoms with Crippen molar-refractivity contribution in [3.63, 3.8) is 0 Å². The molecule has 0 amide bonds. The first-order valence-electron chi connectivity index (χ1n) is 3.11. The lowest BCUT2D eigenvalue weighted by atomic mass is 10.2. The van der Waals surface area contributed by atoms with Crippen LogP contribution in [0.1, 0.15) is 10.4 Å². The maximum Gasteiger partial charge on any atom is 0.253 e. The van der Waals surface area contributed by atoms with Gasteiger partial charge in [-0.15, -0.1) is 0 Å². The second kappa shape index (κ2) is 3.89. The van der Waals surface area contributed by atoms with E-state index < -0.39 is 5.24 Å². The molecule has 1 rings (SSSR count). The van der Waals surface area contributed by atoms with Gasteiger partial charge in [-0.25, -0.2) is 0 Å². The van der Waals surface area contributed by atoms with E-state index in [1.807, 2.05) is 0 Å². The molecule has 0 bridgehead atoms. The van der Waals surface area contributed by atoms with Crippen LogP contribution in [0.2, 0.25) is 0 Å². The van der Waals surface area contributed by atoms with Crippen molar-refractivity contribution in [1.82, 2.24) is 0 Å². The number of benzene rings is 1. The van der Waals surface area contributed by atoms with Gasteiger partial charge in [-0.1, -0.05) is 0 Å². The molecule has 0 atom stereocenters. The highest BCUT2D eigenvalue weighted by molar-refractivity contribution is 9.10. The van der Waals surface area contributed by atoms with Crippen LogP contribution in [0.25, 0.3) is 0 Å². The molecule has 12 heavy (non-hydrogen) atoms. The van der Waals surface area contributed by atoms with Gasteiger partial charge >= 0.3 is 0 Å². The van der Waals surface area contributed by atoms with Crippen molar-refractivity contribution in [3.05, 3.63) is 28.2 Å². The van der Waals surface area contributed by atoms with E-state index in [4.69, 9.17) is 17.4 Å². The topological polar surface area (TPSA) is 55.1 Å². The summed E-state index contributed by atoms with van der Waals surface area (Å²) in [4.78, 5) is 10.7. The lowest BCUT2D eigenvalue weighted by Crippen LogP contribution is -2.06. The fourth-order valence-electron chi connectivity index (χ4n) is 0.764. The van der Waals surface area contributed by atoms with Crippen LogP contribution in [-0.4, -0.2) is 5.24 Å². The van der Waals surface area contributed by atoms with E-state index in [2.05, 4.69) is 21.4 Å². The molecule has 0 aliphatic carbocycles. The van der Waals surface area contributed by atoms with Crippen LogP contribution >= 0.6 is 27.5 Å². The Morgan fingerprint density at radius 2 is 2.25 bits per heavy atom. The lowest BCUT2D eigenvalue weighted by molar-refractivity contribution is 0.108. The van der Waals surface area contributed by atoms with E-state index in [0.29, 0.717) is 15.7 Å².